The lowest BCUT2D eigenvalue weighted by molar-refractivity contribution is -0.152. The summed E-state index contributed by atoms with van der Waals surface area (Å²) in [4.78, 5) is 23.4. The number of allylic oxidation sites excluding steroid dienone is 2. The molecular weight excluding hydrogens is 392 g/mol. The quantitative estimate of drug-likeness (QED) is 0.116. The first-order valence-electron chi connectivity index (χ1n) is 12.7. The predicted molar refractivity (Wildman–Crippen MR) is 127 cm³/mol. The standard InChI is InChI=1S/C26H48O5/c1-3-5-7-9-11-13-15-17-19-21-26(29)31-23-24(27)22-30-25(28)20-18-16-14-12-10-8-6-4-2/h4,6,24,27H,3,5,7-23H2,1-2H3. The zero-order valence-corrected chi connectivity index (χ0v) is 20.2. The van der Waals surface area contributed by atoms with Crippen LogP contribution in [0.5, 0.6) is 0 Å². The highest BCUT2D eigenvalue weighted by molar-refractivity contribution is 5.69. The van der Waals surface area contributed by atoms with Crippen molar-refractivity contribution in [3.63, 3.8) is 0 Å². The fourth-order valence-electron chi connectivity index (χ4n) is 3.38. The molecule has 0 aliphatic carbocycles. The van der Waals surface area contributed by atoms with Gasteiger partial charge in [-0.15, -0.1) is 0 Å². The smallest absolute Gasteiger partial charge is 0.305 e. The zero-order chi connectivity index (χ0) is 23.0. The average Bonchev–Trinajstić information content (AvgIpc) is 2.77. The van der Waals surface area contributed by atoms with Crippen molar-refractivity contribution >= 4 is 11.9 Å². The summed E-state index contributed by atoms with van der Waals surface area (Å²) in [5.74, 6) is -0.586. The number of hydrogen-bond donors (Lipinski definition) is 1. The summed E-state index contributed by atoms with van der Waals surface area (Å²) in [7, 11) is 0. The van der Waals surface area contributed by atoms with Gasteiger partial charge in [0, 0.05) is 12.8 Å². The Morgan fingerprint density at radius 1 is 0.710 bits per heavy atom. The summed E-state index contributed by atoms with van der Waals surface area (Å²) >= 11 is 0. The highest BCUT2D eigenvalue weighted by atomic mass is 16.6. The molecule has 0 aliphatic rings. The molecule has 182 valence electrons. The lowest BCUT2D eigenvalue weighted by Crippen LogP contribution is -2.25. The van der Waals surface area contributed by atoms with E-state index in [1.165, 1.54) is 51.4 Å². The number of unbranched alkanes of at least 4 members (excludes halogenated alkanes) is 13. The molecule has 1 unspecified atom stereocenters. The first-order valence-corrected chi connectivity index (χ1v) is 12.7. The second kappa shape index (κ2) is 23.3. The van der Waals surface area contributed by atoms with Crippen LogP contribution in [0, 0.1) is 0 Å². The molecular formula is C26H48O5. The van der Waals surface area contributed by atoms with E-state index >= 15 is 0 Å². The van der Waals surface area contributed by atoms with E-state index in [2.05, 4.69) is 19.1 Å². The van der Waals surface area contributed by atoms with Crippen molar-refractivity contribution in [3.8, 4) is 0 Å². The normalized spacial score (nSPS) is 12.2. The minimum atomic E-state index is -0.956. The number of hydrogen-bond acceptors (Lipinski definition) is 5. The van der Waals surface area contributed by atoms with Crippen molar-refractivity contribution in [1.82, 2.24) is 0 Å². The fourth-order valence-corrected chi connectivity index (χ4v) is 3.38. The topological polar surface area (TPSA) is 72.8 Å². The molecule has 0 amide bonds. The van der Waals surface area contributed by atoms with Gasteiger partial charge in [-0.3, -0.25) is 9.59 Å². The summed E-state index contributed by atoms with van der Waals surface area (Å²) in [6, 6.07) is 0. The van der Waals surface area contributed by atoms with E-state index in [4.69, 9.17) is 9.47 Å². The Bertz CT molecular complexity index is 447. The molecule has 0 aromatic heterocycles. The third kappa shape index (κ3) is 23.1. The Balaban J connectivity index is 3.47. The monoisotopic (exact) mass is 440 g/mol. The van der Waals surface area contributed by atoms with E-state index in [1.807, 2.05) is 6.92 Å². The van der Waals surface area contributed by atoms with E-state index in [1.54, 1.807) is 0 Å². The summed E-state index contributed by atoms with van der Waals surface area (Å²) in [5, 5.41) is 9.83. The van der Waals surface area contributed by atoms with Gasteiger partial charge in [0.25, 0.3) is 0 Å². The molecule has 0 saturated heterocycles. The van der Waals surface area contributed by atoms with Crippen LogP contribution in [0.4, 0.5) is 0 Å². The lowest BCUT2D eigenvalue weighted by Gasteiger charge is -2.12. The van der Waals surface area contributed by atoms with E-state index in [0.29, 0.717) is 12.8 Å². The Morgan fingerprint density at radius 2 is 1.13 bits per heavy atom. The van der Waals surface area contributed by atoms with Crippen LogP contribution >= 0.6 is 0 Å². The highest BCUT2D eigenvalue weighted by Crippen LogP contribution is 2.11. The number of aliphatic hydroxyl groups excluding tert-OH is 1. The highest BCUT2D eigenvalue weighted by Gasteiger charge is 2.12. The number of carbonyl (C=O) groups is 2. The van der Waals surface area contributed by atoms with Gasteiger partial charge >= 0.3 is 11.9 Å². The van der Waals surface area contributed by atoms with Crippen LogP contribution in [0.15, 0.2) is 12.2 Å². The largest absolute Gasteiger partial charge is 0.463 e. The van der Waals surface area contributed by atoms with E-state index in [-0.39, 0.29) is 25.2 Å². The third-order valence-electron chi connectivity index (χ3n) is 5.35. The molecule has 0 heterocycles. The van der Waals surface area contributed by atoms with Gasteiger partial charge in [-0.05, 0) is 32.6 Å². The van der Waals surface area contributed by atoms with Crippen LogP contribution in [0.25, 0.3) is 0 Å². The molecule has 0 bridgehead atoms. The third-order valence-corrected chi connectivity index (χ3v) is 5.35. The maximum absolute atomic E-state index is 11.7. The number of rotatable bonds is 22. The van der Waals surface area contributed by atoms with Crippen molar-refractivity contribution in [2.75, 3.05) is 13.2 Å². The molecule has 1 N–H and O–H groups in total. The van der Waals surface area contributed by atoms with Gasteiger partial charge in [-0.25, -0.2) is 0 Å². The zero-order valence-electron chi connectivity index (χ0n) is 20.2. The molecule has 1 atom stereocenters. The SMILES string of the molecule is CC=CCCCCCCCC(=O)OCC(O)COC(=O)CCCCCCCCCCC. The van der Waals surface area contributed by atoms with Gasteiger partial charge in [-0.2, -0.15) is 0 Å². The summed E-state index contributed by atoms with van der Waals surface area (Å²) < 4.78 is 10.1. The molecule has 5 nitrogen and oxygen atoms in total. The van der Waals surface area contributed by atoms with Crippen LogP contribution in [0.1, 0.15) is 123 Å². The Hall–Kier alpha value is -1.36. The number of ether oxygens (including phenoxy) is 2. The first kappa shape index (κ1) is 29.6. The van der Waals surface area contributed by atoms with E-state index < -0.39 is 6.10 Å². The average molecular weight is 441 g/mol. The summed E-state index contributed by atoms with van der Waals surface area (Å²) in [6.45, 7) is 4.02. The van der Waals surface area contributed by atoms with E-state index in [0.717, 1.165) is 44.9 Å². The first-order chi connectivity index (χ1) is 15.1. The summed E-state index contributed by atoms with van der Waals surface area (Å²) in [5.41, 5.74) is 0. The van der Waals surface area contributed by atoms with Crippen molar-refractivity contribution < 1.29 is 24.2 Å². The van der Waals surface area contributed by atoms with Gasteiger partial charge in [0.1, 0.15) is 19.3 Å². The van der Waals surface area contributed by atoms with Gasteiger partial charge in [0.2, 0.25) is 0 Å². The Morgan fingerprint density at radius 3 is 1.58 bits per heavy atom. The van der Waals surface area contributed by atoms with Crippen LogP contribution in [0.2, 0.25) is 0 Å². The molecule has 31 heavy (non-hydrogen) atoms. The predicted octanol–water partition coefficient (Wildman–Crippen LogP) is 6.66. The molecule has 0 saturated carbocycles. The Labute approximate surface area is 191 Å². The molecule has 5 heteroatoms. The van der Waals surface area contributed by atoms with Crippen LogP contribution in [0.3, 0.4) is 0 Å². The van der Waals surface area contributed by atoms with Crippen molar-refractivity contribution in [2.45, 2.75) is 129 Å². The maximum Gasteiger partial charge on any atom is 0.305 e. The van der Waals surface area contributed by atoms with Crippen LogP contribution in [-0.4, -0.2) is 36.4 Å². The maximum atomic E-state index is 11.7. The lowest BCUT2D eigenvalue weighted by atomic mass is 10.1. The molecule has 0 rings (SSSR count). The minimum absolute atomic E-state index is 0.115. The Kier molecular flexibility index (Phi) is 22.3. The molecule has 0 aromatic carbocycles. The number of aliphatic hydroxyl groups is 1. The van der Waals surface area contributed by atoms with Gasteiger partial charge < -0.3 is 14.6 Å². The molecule has 0 aromatic rings. The van der Waals surface area contributed by atoms with Gasteiger partial charge in [0.05, 0.1) is 0 Å². The van der Waals surface area contributed by atoms with Crippen molar-refractivity contribution in [3.05, 3.63) is 12.2 Å². The second-order valence-electron chi connectivity index (χ2n) is 8.47. The minimum Gasteiger partial charge on any atom is -0.463 e. The van der Waals surface area contributed by atoms with Gasteiger partial charge in [-0.1, -0.05) is 89.7 Å². The second-order valence-corrected chi connectivity index (χ2v) is 8.47. The van der Waals surface area contributed by atoms with Gasteiger partial charge in [0.15, 0.2) is 0 Å². The summed E-state index contributed by atoms with van der Waals surface area (Å²) in [6.07, 6.45) is 21.3. The molecule has 0 radical (unpaired) electrons. The molecule has 0 aliphatic heterocycles. The van der Waals surface area contributed by atoms with Crippen molar-refractivity contribution in [2.24, 2.45) is 0 Å². The van der Waals surface area contributed by atoms with Crippen LogP contribution < -0.4 is 0 Å². The van der Waals surface area contributed by atoms with Crippen LogP contribution in [-0.2, 0) is 19.1 Å². The number of esters is 2. The van der Waals surface area contributed by atoms with Crippen molar-refractivity contribution in [1.29, 1.82) is 0 Å². The fraction of sp³-hybridized carbons (Fsp3) is 0.846. The molecule has 0 fully saturated rings. The van der Waals surface area contributed by atoms with E-state index in [9.17, 15) is 14.7 Å². The molecule has 0 spiro atoms. The number of carbonyl (C=O) groups excluding carboxylic acids is 2.